The number of aliphatic hydroxyl groups is 3. The molecule has 2 aromatic carbocycles. The third-order valence-corrected chi connectivity index (χ3v) is 7.27. The first-order valence-corrected chi connectivity index (χ1v) is 14.6. The van der Waals surface area contributed by atoms with E-state index in [1.165, 1.54) is 16.7 Å². The smallest absolute Gasteiger partial charge is 0.478 e. The van der Waals surface area contributed by atoms with Gasteiger partial charge in [-0.15, -0.1) is 0 Å². The number of ether oxygens (including phenoxy) is 1. The van der Waals surface area contributed by atoms with Crippen molar-refractivity contribution in [2.75, 3.05) is 26.4 Å². The number of rotatable bonds is 12. The van der Waals surface area contributed by atoms with Crippen molar-refractivity contribution >= 4 is 15.6 Å². The Labute approximate surface area is 217 Å². The Kier molecular flexibility index (Phi) is 13.1. The number of phosphoric acid groups is 2. The van der Waals surface area contributed by atoms with E-state index in [9.17, 15) is 24.4 Å². The molecular formula is C24H38O11P2. The predicted octanol–water partition coefficient (Wildman–Crippen LogP) is 3.05. The van der Waals surface area contributed by atoms with Gasteiger partial charge in [0.1, 0.15) is 12.4 Å². The summed E-state index contributed by atoms with van der Waals surface area (Å²) >= 11 is 0. The average Bonchev–Trinajstić information content (AvgIpc) is 2.79. The van der Waals surface area contributed by atoms with Gasteiger partial charge in [0.05, 0.1) is 25.2 Å². The molecule has 0 fully saturated rings. The number of hydrogen-bond donors (Lipinski definition) is 7. The number of para-hydroxylation sites is 1. The Morgan fingerprint density at radius 2 is 1.32 bits per heavy atom. The van der Waals surface area contributed by atoms with Gasteiger partial charge in [0, 0.05) is 6.42 Å². The third kappa shape index (κ3) is 11.8. The van der Waals surface area contributed by atoms with Crippen LogP contribution in [0.25, 0.3) is 0 Å². The lowest BCUT2D eigenvalue weighted by molar-refractivity contribution is -0.0260. The highest BCUT2D eigenvalue weighted by Gasteiger charge is 2.30. The zero-order valence-corrected chi connectivity index (χ0v) is 23.2. The van der Waals surface area contributed by atoms with Gasteiger partial charge in [-0.1, -0.05) is 64.1 Å². The minimum Gasteiger partial charge on any atom is -0.492 e. The van der Waals surface area contributed by atoms with Gasteiger partial charge in [-0.05, 0) is 40.2 Å². The van der Waals surface area contributed by atoms with E-state index in [0.717, 1.165) is 12.0 Å². The van der Waals surface area contributed by atoms with Crippen LogP contribution in [0.4, 0.5) is 0 Å². The van der Waals surface area contributed by atoms with Crippen molar-refractivity contribution in [1.82, 2.24) is 0 Å². The molecule has 0 heterocycles. The normalized spacial score (nSPS) is 12.5. The van der Waals surface area contributed by atoms with Gasteiger partial charge >= 0.3 is 15.6 Å². The zero-order chi connectivity index (χ0) is 28.4. The van der Waals surface area contributed by atoms with Crippen LogP contribution in [0.5, 0.6) is 5.75 Å². The molecular weight excluding hydrogens is 526 g/mol. The summed E-state index contributed by atoms with van der Waals surface area (Å²) in [5.41, 5.74) is 3.96. The van der Waals surface area contributed by atoms with E-state index >= 15 is 0 Å². The molecule has 0 atom stereocenters. The lowest BCUT2D eigenvalue weighted by Gasteiger charge is -2.27. The second-order valence-corrected chi connectivity index (χ2v) is 12.0. The first-order chi connectivity index (χ1) is 17.1. The van der Waals surface area contributed by atoms with Crippen molar-refractivity contribution in [2.45, 2.75) is 46.0 Å². The Balaban J connectivity index is 0.000000649. The molecule has 13 heteroatoms. The van der Waals surface area contributed by atoms with Gasteiger partial charge in [-0.2, -0.15) is 4.31 Å². The highest BCUT2D eigenvalue weighted by Crippen LogP contribution is 2.53. The second kappa shape index (κ2) is 14.5. The molecule has 0 aliphatic carbocycles. The number of aliphatic hydroxyl groups excluding tert-OH is 3. The van der Waals surface area contributed by atoms with Crippen LogP contribution in [-0.2, 0) is 19.9 Å². The Bertz CT molecular complexity index is 1040. The van der Waals surface area contributed by atoms with E-state index in [1.807, 2.05) is 24.3 Å². The molecule has 0 bridgehead atoms. The standard InChI is InChI=1S/C24H34O4.H4O7P2/c1-17(2)19-9-10-20(22(12-19)18(3)4)11-21-7-5-6-8-23(21)28-16-24(13-25,14-26)15-27;1-8(2,3)7-9(4,5)6/h5-10,12,17-18,25-27H,11,13-16H2,1-4H3;(H2,1,2,3)(H2,4,5,6). The highest BCUT2D eigenvalue weighted by atomic mass is 31.3. The third-order valence-electron chi connectivity index (χ3n) is 5.56. The van der Waals surface area contributed by atoms with Crippen molar-refractivity contribution in [3.63, 3.8) is 0 Å². The summed E-state index contributed by atoms with van der Waals surface area (Å²) in [6.07, 6.45) is 0.742. The molecule has 37 heavy (non-hydrogen) atoms. The van der Waals surface area contributed by atoms with Crippen LogP contribution in [0.2, 0.25) is 0 Å². The molecule has 2 rings (SSSR count). The Morgan fingerprint density at radius 3 is 1.76 bits per heavy atom. The van der Waals surface area contributed by atoms with Crippen LogP contribution in [0, 0.1) is 5.41 Å². The van der Waals surface area contributed by atoms with E-state index in [4.69, 9.17) is 24.3 Å². The van der Waals surface area contributed by atoms with Crippen LogP contribution < -0.4 is 4.74 Å². The number of benzene rings is 2. The summed E-state index contributed by atoms with van der Waals surface area (Å²) in [6, 6.07) is 14.5. The van der Waals surface area contributed by atoms with Crippen LogP contribution >= 0.6 is 15.6 Å². The summed E-state index contributed by atoms with van der Waals surface area (Å²) < 4.78 is 28.1. The molecule has 0 unspecified atom stereocenters. The summed E-state index contributed by atoms with van der Waals surface area (Å²) in [5, 5.41) is 28.6. The molecule has 2 aromatic rings. The predicted molar refractivity (Wildman–Crippen MR) is 138 cm³/mol. The van der Waals surface area contributed by atoms with E-state index in [1.54, 1.807) is 0 Å². The average molecular weight is 565 g/mol. The van der Waals surface area contributed by atoms with Crippen molar-refractivity contribution in [1.29, 1.82) is 0 Å². The fraction of sp³-hybridized carbons (Fsp3) is 0.500. The largest absolute Gasteiger partial charge is 0.492 e. The molecule has 210 valence electrons. The van der Waals surface area contributed by atoms with Gasteiger partial charge in [-0.3, -0.25) is 0 Å². The summed E-state index contributed by atoms with van der Waals surface area (Å²) in [4.78, 5) is 31.0. The molecule has 0 saturated heterocycles. The molecule has 0 spiro atoms. The van der Waals surface area contributed by atoms with Crippen molar-refractivity contribution in [3.8, 4) is 5.75 Å². The fourth-order valence-electron chi connectivity index (χ4n) is 3.32. The van der Waals surface area contributed by atoms with E-state index < -0.39 is 21.1 Å². The first-order valence-electron chi connectivity index (χ1n) is 11.5. The maximum atomic E-state index is 9.63. The number of hydrogen-bond acceptors (Lipinski definition) is 7. The molecule has 0 amide bonds. The highest BCUT2D eigenvalue weighted by molar-refractivity contribution is 7.60. The van der Waals surface area contributed by atoms with Crippen LogP contribution in [0.3, 0.4) is 0 Å². The topological polar surface area (TPSA) is 194 Å². The van der Waals surface area contributed by atoms with E-state index in [2.05, 4.69) is 50.2 Å². The lowest BCUT2D eigenvalue weighted by atomic mass is 9.89. The van der Waals surface area contributed by atoms with Crippen LogP contribution in [0.1, 0.15) is 61.8 Å². The van der Waals surface area contributed by atoms with Crippen molar-refractivity contribution in [2.24, 2.45) is 5.41 Å². The molecule has 7 N–H and O–H groups in total. The molecule has 0 aliphatic heterocycles. The quantitative estimate of drug-likeness (QED) is 0.187. The maximum absolute atomic E-state index is 9.63. The summed E-state index contributed by atoms with van der Waals surface area (Å²) in [6.45, 7) is 7.88. The summed E-state index contributed by atoms with van der Waals surface area (Å²) in [7, 11) is -10.1. The van der Waals surface area contributed by atoms with Gasteiger partial charge in [-0.25, -0.2) is 9.13 Å². The minimum atomic E-state index is -5.05. The molecule has 0 radical (unpaired) electrons. The van der Waals surface area contributed by atoms with Gasteiger partial charge in [0.2, 0.25) is 0 Å². The van der Waals surface area contributed by atoms with Crippen molar-refractivity contribution in [3.05, 3.63) is 64.7 Å². The maximum Gasteiger partial charge on any atom is 0.478 e. The summed E-state index contributed by atoms with van der Waals surface area (Å²) in [5.74, 6) is 1.63. The van der Waals surface area contributed by atoms with Crippen LogP contribution in [-0.4, -0.2) is 61.3 Å². The Hall–Kier alpha value is -1.62. The molecule has 0 aromatic heterocycles. The van der Waals surface area contributed by atoms with Crippen molar-refractivity contribution < 1.29 is 53.1 Å². The van der Waals surface area contributed by atoms with E-state index in [0.29, 0.717) is 17.6 Å². The van der Waals surface area contributed by atoms with Gasteiger partial charge in [0.25, 0.3) is 0 Å². The van der Waals surface area contributed by atoms with Gasteiger partial charge in [0.15, 0.2) is 0 Å². The van der Waals surface area contributed by atoms with E-state index in [-0.39, 0.29) is 26.4 Å². The van der Waals surface area contributed by atoms with Gasteiger partial charge < -0.3 is 39.6 Å². The second-order valence-electron chi connectivity index (χ2n) is 9.38. The lowest BCUT2D eigenvalue weighted by Crippen LogP contribution is -2.39. The molecule has 11 nitrogen and oxygen atoms in total. The SMILES string of the molecule is CC(C)c1ccc(Cc2ccccc2OCC(CO)(CO)CO)c(C(C)C)c1.O=P(O)(O)OP(=O)(O)O. The molecule has 0 saturated carbocycles. The minimum absolute atomic E-state index is 0.0524. The molecule has 0 aliphatic rings. The monoisotopic (exact) mass is 564 g/mol. The first kappa shape index (κ1) is 33.4. The fourth-order valence-corrected chi connectivity index (χ4v) is 4.43. The zero-order valence-electron chi connectivity index (χ0n) is 21.4. The Morgan fingerprint density at radius 1 is 0.784 bits per heavy atom. The van der Waals surface area contributed by atoms with Crippen LogP contribution in [0.15, 0.2) is 42.5 Å².